The maximum atomic E-state index is 13.3. The van der Waals surface area contributed by atoms with E-state index in [1.807, 2.05) is 104 Å². The summed E-state index contributed by atoms with van der Waals surface area (Å²) in [6, 6.07) is 34.1. The molecule has 6 nitrogen and oxygen atoms in total. The normalized spacial score (nSPS) is 11.5. The Labute approximate surface area is 225 Å². The van der Waals surface area contributed by atoms with Crippen LogP contribution in [0.2, 0.25) is 0 Å². The van der Waals surface area contributed by atoms with Gasteiger partial charge < -0.3 is 5.32 Å². The fourth-order valence-electron chi connectivity index (χ4n) is 4.11. The third-order valence-corrected chi connectivity index (χ3v) is 6.97. The van der Waals surface area contributed by atoms with Gasteiger partial charge in [0.2, 0.25) is 11.0 Å². The molecule has 2 N–H and O–H groups in total. The van der Waals surface area contributed by atoms with E-state index >= 15 is 0 Å². The number of anilines is 1. The number of aromatic nitrogens is 2. The van der Waals surface area contributed by atoms with Crippen LogP contribution in [0, 0.1) is 6.92 Å². The first kappa shape index (κ1) is 25.0. The second-order valence-corrected chi connectivity index (χ2v) is 9.91. The fourth-order valence-corrected chi connectivity index (χ4v) is 4.85. The molecule has 5 aromatic rings. The van der Waals surface area contributed by atoms with Crippen LogP contribution in [0.25, 0.3) is 21.7 Å². The van der Waals surface area contributed by atoms with Crippen LogP contribution >= 0.6 is 11.3 Å². The molecule has 0 bridgehead atoms. The summed E-state index contributed by atoms with van der Waals surface area (Å²) >= 11 is 1.29. The van der Waals surface area contributed by atoms with Gasteiger partial charge in [0, 0.05) is 17.5 Å². The molecule has 4 aromatic carbocycles. The van der Waals surface area contributed by atoms with Crippen molar-refractivity contribution in [3.8, 4) is 21.7 Å². The Morgan fingerprint density at radius 2 is 1.42 bits per heavy atom. The number of hydrogen-bond donors (Lipinski definition) is 2. The number of aryl methyl sites for hydroxylation is 1. The van der Waals surface area contributed by atoms with Crippen molar-refractivity contribution in [3.05, 3.63) is 126 Å². The van der Waals surface area contributed by atoms with Gasteiger partial charge >= 0.3 is 0 Å². The lowest BCUT2D eigenvalue weighted by Crippen LogP contribution is -2.45. The Bertz CT molecular complexity index is 1530. The highest BCUT2D eigenvalue weighted by molar-refractivity contribution is 7.18. The number of amides is 2. The van der Waals surface area contributed by atoms with Crippen molar-refractivity contribution in [1.82, 2.24) is 15.5 Å². The first-order chi connectivity index (χ1) is 18.5. The summed E-state index contributed by atoms with van der Waals surface area (Å²) in [7, 11) is 0. The highest BCUT2D eigenvalue weighted by Crippen LogP contribution is 2.27. The molecule has 38 heavy (non-hydrogen) atoms. The van der Waals surface area contributed by atoms with Crippen molar-refractivity contribution in [2.45, 2.75) is 19.4 Å². The van der Waals surface area contributed by atoms with E-state index < -0.39 is 6.04 Å². The highest BCUT2D eigenvalue weighted by Gasteiger charge is 2.23. The monoisotopic (exact) mass is 518 g/mol. The second-order valence-electron chi connectivity index (χ2n) is 8.93. The minimum absolute atomic E-state index is 0.321. The Hall–Kier alpha value is -4.62. The number of carbonyl (C=O) groups is 2. The van der Waals surface area contributed by atoms with Crippen LogP contribution in [0.4, 0.5) is 5.13 Å². The highest BCUT2D eigenvalue weighted by atomic mass is 32.1. The number of carbonyl (C=O) groups excluding carboxylic acids is 2. The van der Waals surface area contributed by atoms with E-state index in [0.29, 0.717) is 22.1 Å². The first-order valence-corrected chi connectivity index (χ1v) is 13.1. The minimum Gasteiger partial charge on any atom is -0.340 e. The first-order valence-electron chi connectivity index (χ1n) is 12.3. The van der Waals surface area contributed by atoms with E-state index in [9.17, 15) is 9.59 Å². The summed E-state index contributed by atoms with van der Waals surface area (Å²) in [5.74, 6) is -0.673. The third kappa shape index (κ3) is 6.19. The molecule has 0 saturated carbocycles. The molecule has 2 amide bonds. The Kier molecular flexibility index (Phi) is 7.66. The number of nitrogens with one attached hydrogen (secondary N) is 2. The number of nitrogens with zero attached hydrogens (tertiary/aromatic N) is 2. The van der Waals surface area contributed by atoms with Crippen LogP contribution in [0.5, 0.6) is 0 Å². The van der Waals surface area contributed by atoms with Gasteiger partial charge in [-0.3, -0.25) is 14.9 Å². The van der Waals surface area contributed by atoms with Gasteiger partial charge in [-0.1, -0.05) is 108 Å². The number of benzene rings is 4. The molecular formula is C31H26N4O2S. The van der Waals surface area contributed by atoms with E-state index in [-0.39, 0.29) is 11.8 Å². The molecule has 0 aliphatic heterocycles. The van der Waals surface area contributed by atoms with Crippen molar-refractivity contribution in [2.24, 2.45) is 0 Å². The lowest BCUT2D eigenvalue weighted by atomic mass is 10.0. The minimum atomic E-state index is -0.801. The summed E-state index contributed by atoms with van der Waals surface area (Å²) in [4.78, 5) is 26.5. The molecule has 188 valence electrons. The summed E-state index contributed by atoms with van der Waals surface area (Å²) in [6.45, 7) is 2.01. The SMILES string of the molecule is Cc1cccc(-c2nnc(NC(=O)C(Cc3ccccc3)NC(=O)c3ccc(-c4ccccc4)cc3)s2)c1. The van der Waals surface area contributed by atoms with Crippen LogP contribution in [0.3, 0.4) is 0 Å². The number of rotatable bonds is 8. The molecule has 1 atom stereocenters. The zero-order valence-corrected chi connectivity index (χ0v) is 21.6. The van der Waals surface area contributed by atoms with E-state index in [4.69, 9.17) is 0 Å². The van der Waals surface area contributed by atoms with Gasteiger partial charge in [-0.25, -0.2) is 0 Å². The molecule has 1 unspecified atom stereocenters. The molecule has 1 aromatic heterocycles. The molecule has 7 heteroatoms. The summed E-state index contributed by atoms with van der Waals surface area (Å²) in [5, 5.41) is 15.2. The van der Waals surface area contributed by atoms with Gasteiger partial charge in [-0.15, -0.1) is 10.2 Å². The van der Waals surface area contributed by atoms with Crippen molar-refractivity contribution in [3.63, 3.8) is 0 Å². The van der Waals surface area contributed by atoms with E-state index in [1.165, 1.54) is 11.3 Å². The predicted octanol–water partition coefficient (Wildman–Crippen LogP) is 6.16. The summed E-state index contributed by atoms with van der Waals surface area (Å²) in [5.41, 5.74) is 5.56. The molecule has 1 heterocycles. The van der Waals surface area contributed by atoms with Crippen molar-refractivity contribution < 1.29 is 9.59 Å². The molecule has 5 rings (SSSR count). The van der Waals surface area contributed by atoms with Crippen LogP contribution in [-0.2, 0) is 11.2 Å². The Morgan fingerprint density at radius 1 is 0.763 bits per heavy atom. The largest absolute Gasteiger partial charge is 0.340 e. The standard InChI is InChI=1S/C31H26N4O2S/c1-21-9-8-14-26(19-21)30-34-35-31(38-30)33-29(37)27(20-22-10-4-2-5-11-22)32-28(36)25-17-15-24(16-18-25)23-12-6-3-7-13-23/h2-19,27H,20H2,1H3,(H,32,36)(H,33,35,37). The fraction of sp³-hybridized carbons (Fsp3) is 0.0968. The molecule has 0 saturated heterocycles. The van der Waals surface area contributed by atoms with E-state index in [2.05, 4.69) is 20.8 Å². The lowest BCUT2D eigenvalue weighted by molar-refractivity contribution is -0.118. The molecule has 0 aliphatic rings. The van der Waals surface area contributed by atoms with Crippen LogP contribution in [-0.4, -0.2) is 28.1 Å². The molecule has 0 spiro atoms. The second kappa shape index (κ2) is 11.6. The molecule has 0 aliphatic carbocycles. The maximum absolute atomic E-state index is 13.3. The van der Waals surface area contributed by atoms with Crippen molar-refractivity contribution in [2.75, 3.05) is 5.32 Å². The van der Waals surface area contributed by atoms with Gasteiger partial charge in [0.25, 0.3) is 5.91 Å². The average Bonchev–Trinajstić information content (AvgIpc) is 3.42. The Balaban J connectivity index is 1.32. The maximum Gasteiger partial charge on any atom is 0.251 e. The van der Waals surface area contributed by atoms with Gasteiger partial charge in [0.1, 0.15) is 11.0 Å². The Morgan fingerprint density at radius 3 is 2.13 bits per heavy atom. The molecule has 0 radical (unpaired) electrons. The van der Waals surface area contributed by atoms with Crippen LogP contribution < -0.4 is 10.6 Å². The van der Waals surface area contributed by atoms with Gasteiger partial charge in [0.15, 0.2) is 0 Å². The zero-order chi connectivity index (χ0) is 26.3. The molecule has 0 fully saturated rings. The van der Waals surface area contributed by atoms with Gasteiger partial charge in [0.05, 0.1) is 0 Å². The van der Waals surface area contributed by atoms with Gasteiger partial charge in [-0.2, -0.15) is 0 Å². The van der Waals surface area contributed by atoms with E-state index in [1.54, 1.807) is 12.1 Å². The van der Waals surface area contributed by atoms with E-state index in [0.717, 1.165) is 27.8 Å². The zero-order valence-electron chi connectivity index (χ0n) is 20.8. The van der Waals surface area contributed by atoms with Crippen molar-refractivity contribution in [1.29, 1.82) is 0 Å². The lowest BCUT2D eigenvalue weighted by Gasteiger charge is -2.18. The topological polar surface area (TPSA) is 84.0 Å². The number of hydrogen-bond acceptors (Lipinski definition) is 5. The summed E-state index contributed by atoms with van der Waals surface area (Å²) in [6.07, 6.45) is 0.337. The van der Waals surface area contributed by atoms with Crippen molar-refractivity contribution >= 4 is 28.3 Å². The quantitative estimate of drug-likeness (QED) is 0.258. The smallest absolute Gasteiger partial charge is 0.251 e. The van der Waals surface area contributed by atoms with Gasteiger partial charge in [-0.05, 0) is 41.8 Å². The third-order valence-electron chi connectivity index (χ3n) is 6.08. The van der Waals surface area contributed by atoms with Crippen LogP contribution in [0.15, 0.2) is 109 Å². The predicted molar refractivity (Wildman–Crippen MR) is 152 cm³/mol. The molecular weight excluding hydrogens is 492 g/mol. The average molecular weight is 519 g/mol. The summed E-state index contributed by atoms with van der Waals surface area (Å²) < 4.78 is 0. The van der Waals surface area contributed by atoms with Crippen LogP contribution in [0.1, 0.15) is 21.5 Å².